The summed E-state index contributed by atoms with van der Waals surface area (Å²) in [5.41, 5.74) is 7.33. The number of fused-ring (bicyclic) bond motifs is 4. The Kier molecular flexibility index (Phi) is 5.37. The SMILES string of the molecule is C=CCn1cc(/C=c2/sc3n(c2=O)[C@H](c2ccc(F)cc2)C2=C(N=3)c3ccccc3CC2)c2ccccc21. The Hall–Kier alpha value is -4.29. The summed E-state index contributed by atoms with van der Waals surface area (Å²) >= 11 is 1.41. The van der Waals surface area contributed by atoms with Gasteiger partial charge in [0.05, 0.1) is 16.3 Å². The number of nitrogens with zero attached hydrogens (tertiary/aromatic N) is 3. The molecular formula is C32H24FN3OS. The van der Waals surface area contributed by atoms with Crippen molar-refractivity contribution in [1.29, 1.82) is 0 Å². The molecule has 7 rings (SSSR count). The van der Waals surface area contributed by atoms with E-state index in [0.717, 1.165) is 51.7 Å². The number of hydrogen-bond donors (Lipinski definition) is 0. The number of benzene rings is 3. The van der Waals surface area contributed by atoms with Gasteiger partial charge in [-0.05, 0) is 53.8 Å². The molecule has 0 bridgehead atoms. The summed E-state index contributed by atoms with van der Waals surface area (Å²) in [6, 6.07) is 22.7. The van der Waals surface area contributed by atoms with Crippen LogP contribution in [0.3, 0.4) is 0 Å². The van der Waals surface area contributed by atoms with Gasteiger partial charge in [0.25, 0.3) is 5.56 Å². The van der Waals surface area contributed by atoms with Crippen LogP contribution in [-0.2, 0) is 13.0 Å². The smallest absolute Gasteiger partial charge is 0.271 e. The third-order valence-corrected chi connectivity index (χ3v) is 8.47. The monoisotopic (exact) mass is 517 g/mol. The number of para-hydroxylation sites is 1. The molecule has 3 aromatic carbocycles. The predicted octanol–water partition coefficient (Wildman–Crippen LogP) is 5.60. The molecule has 0 saturated carbocycles. The second kappa shape index (κ2) is 8.92. The van der Waals surface area contributed by atoms with E-state index in [4.69, 9.17) is 4.99 Å². The van der Waals surface area contributed by atoms with E-state index in [1.54, 1.807) is 16.7 Å². The van der Waals surface area contributed by atoms with E-state index >= 15 is 0 Å². The van der Waals surface area contributed by atoms with Gasteiger partial charge in [0.15, 0.2) is 4.80 Å². The van der Waals surface area contributed by atoms with Crippen molar-refractivity contribution in [3.8, 4) is 0 Å². The van der Waals surface area contributed by atoms with Gasteiger partial charge < -0.3 is 4.57 Å². The van der Waals surface area contributed by atoms with Crippen molar-refractivity contribution < 1.29 is 4.39 Å². The highest BCUT2D eigenvalue weighted by atomic mass is 32.1. The second-order valence-corrected chi connectivity index (χ2v) is 10.7. The molecule has 1 aliphatic carbocycles. The quantitative estimate of drug-likeness (QED) is 0.286. The summed E-state index contributed by atoms with van der Waals surface area (Å²) in [6.45, 7) is 4.57. The van der Waals surface area contributed by atoms with E-state index < -0.39 is 0 Å². The molecule has 0 unspecified atom stereocenters. The fourth-order valence-electron chi connectivity index (χ4n) is 5.79. The Bertz CT molecular complexity index is 1960. The number of allylic oxidation sites excluding steroid dienone is 2. The summed E-state index contributed by atoms with van der Waals surface area (Å²) in [7, 11) is 0. The van der Waals surface area contributed by atoms with Crippen LogP contribution in [0.2, 0.25) is 0 Å². The van der Waals surface area contributed by atoms with Crippen molar-refractivity contribution in [3.63, 3.8) is 0 Å². The molecule has 4 nitrogen and oxygen atoms in total. The summed E-state index contributed by atoms with van der Waals surface area (Å²) in [5, 5.41) is 1.09. The van der Waals surface area contributed by atoms with Crippen LogP contribution in [-0.4, -0.2) is 9.13 Å². The first-order valence-electron chi connectivity index (χ1n) is 12.7. The van der Waals surface area contributed by atoms with Crippen molar-refractivity contribution in [1.82, 2.24) is 9.13 Å². The average molecular weight is 518 g/mol. The van der Waals surface area contributed by atoms with Crippen LogP contribution in [0.5, 0.6) is 0 Å². The van der Waals surface area contributed by atoms with Crippen LogP contribution >= 0.6 is 11.3 Å². The number of rotatable bonds is 4. The maximum Gasteiger partial charge on any atom is 0.271 e. The molecule has 2 aliphatic rings. The number of hydrogen-bond acceptors (Lipinski definition) is 3. The van der Waals surface area contributed by atoms with Crippen LogP contribution in [0.15, 0.2) is 107 Å². The Labute approximate surface area is 222 Å². The minimum Gasteiger partial charge on any atom is -0.343 e. The van der Waals surface area contributed by atoms with E-state index in [2.05, 4.69) is 47.7 Å². The fourth-order valence-corrected chi connectivity index (χ4v) is 6.78. The molecule has 1 aliphatic heterocycles. The van der Waals surface area contributed by atoms with E-state index in [-0.39, 0.29) is 17.4 Å². The highest BCUT2D eigenvalue weighted by Crippen LogP contribution is 2.41. The van der Waals surface area contributed by atoms with E-state index in [1.165, 1.54) is 29.0 Å². The van der Waals surface area contributed by atoms with Crippen molar-refractivity contribution in [3.05, 3.63) is 145 Å². The molecule has 0 saturated heterocycles. The van der Waals surface area contributed by atoms with E-state index in [9.17, 15) is 9.18 Å². The first-order valence-corrected chi connectivity index (χ1v) is 13.5. The molecule has 0 N–H and O–H groups in total. The molecule has 2 aromatic heterocycles. The lowest BCUT2D eigenvalue weighted by Crippen LogP contribution is -2.38. The summed E-state index contributed by atoms with van der Waals surface area (Å²) in [4.78, 5) is 19.8. The van der Waals surface area contributed by atoms with Gasteiger partial charge in [-0.2, -0.15) is 0 Å². The van der Waals surface area contributed by atoms with Crippen LogP contribution in [0.25, 0.3) is 22.7 Å². The molecule has 6 heteroatoms. The molecule has 0 radical (unpaired) electrons. The molecular weight excluding hydrogens is 493 g/mol. The number of thiazole rings is 1. The first-order chi connectivity index (χ1) is 18.6. The number of aryl methyl sites for hydroxylation is 1. The topological polar surface area (TPSA) is 39.3 Å². The van der Waals surface area contributed by atoms with Gasteiger partial charge in [-0.1, -0.05) is 72.0 Å². The molecule has 0 spiro atoms. The lowest BCUT2D eigenvalue weighted by molar-refractivity contribution is 0.581. The highest BCUT2D eigenvalue weighted by Gasteiger charge is 2.32. The zero-order chi connectivity index (χ0) is 25.8. The second-order valence-electron chi connectivity index (χ2n) is 9.71. The fraction of sp³-hybridized carbons (Fsp3) is 0.125. The third kappa shape index (κ3) is 3.56. The largest absolute Gasteiger partial charge is 0.343 e. The minimum absolute atomic E-state index is 0.0750. The molecule has 186 valence electrons. The van der Waals surface area contributed by atoms with Crippen molar-refractivity contribution in [2.45, 2.75) is 25.4 Å². The van der Waals surface area contributed by atoms with Gasteiger partial charge in [0.2, 0.25) is 0 Å². The normalized spacial score (nSPS) is 16.7. The van der Waals surface area contributed by atoms with Crippen LogP contribution in [0, 0.1) is 5.82 Å². The molecule has 3 heterocycles. The molecule has 5 aromatic rings. The van der Waals surface area contributed by atoms with E-state index in [1.807, 2.05) is 30.4 Å². The highest BCUT2D eigenvalue weighted by molar-refractivity contribution is 7.07. The summed E-state index contributed by atoms with van der Waals surface area (Å²) in [6.07, 6.45) is 7.61. The molecule has 38 heavy (non-hydrogen) atoms. The number of aromatic nitrogens is 2. The summed E-state index contributed by atoms with van der Waals surface area (Å²) in [5.74, 6) is -0.291. The Morgan fingerprint density at radius 1 is 1.03 bits per heavy atom. The van der Waals surface area contributed by atoms with Crippen LogP contribution < -0.4 is 14.9 Å². The number of halogens is 1. The molecule has 0 amide bonds. The molecule has 1 atom stereocenters. The standard InChI is InChI=1S/C32H24FN3OS/c1-2-17-35-19-22(24-8-5-6-10-27(24)35)18-28-31(37)36-30(21-11-14-23(33)15-12-21)26-16-13-20-7-3-4-9-25(20)29(26)34-32(36)38-28/h2-12,14-15,18-19,30H,1,13,16-17H2/b28-18+/t30-/m1/s1. The van der Waals surface area contributed by atoms with Gasteiger partial charge >= 0.3 is 0 Å². The Morgan fingerprint density at radius 3 is 2.66 bits per heavy atom. The zero-order valence-corrected chi connectivity index (χ0v) is 21.4. The van der Waals surface area contributed by atoms with Crippen LogP contribution in [0.1, 0.15) is 34.7 Å². The van der Waals surface area contributed by atoms with Gasteiger partial charge in [-0.15, -0.1) is 6.58 Å². The van der Waals surface area contributed by atoms with E-state index in [0.29, 0.717) is 15.9 Å². The van der Waals surface area contributed by atoms with Crippen molar-refractivity contribution in [2.24, 2.45) is 4.99 Å². The predicted molar refractivity (Wildman–Crippen MR) is 151 cm³/mol. The first kappa shape index (κ1) is 22.9. The average Bonchev–Trinajstić information content (AvgIpc) is 3.45. The van der Waals surface area contributed by atoms with Crippen LogP contribution in [0.4, 0.5) is 4.39 Å². The maximum absolute atomic E-state index is 14.0. The zero-order valence-electron chi connectivity index (χ0n) is 20.6. The third-order valence-electron chi connectivity index (χ3n) is 7.49. The van der Waals surface area contributed by atoms with Gasteiger partial charge in [0.1, 0.15) is 5.82 Å². The minimum atomic E-state index is -0.320. The summed E-state index contributed by atoms with van der Waals surface area (Å²) < 4.78 is 18.5. The Balaban J connectivity index is 1.48. The van der Waals surface area contributed by atoms with Gasteiger partial charge in [0, 0.05) is 34.8 Å². The molecule has 0 fully saturated rings. The van der Waals surface area contributed by atoms with Crippen molar-refractivity contribution in [2.75, 3.05) is 0 Å². The van der Waals surface area contributed by atoms with Gasteiger partial charge in [-0.3, -0.25) is 9.36 Å². The maximum atomic E-state index is 14.0. The Morgan fingerprint density at radius 2 is 1.82 bits per heavy atom. The van der Waals surface area contributed by atoms with Crippen molar-refractivity contribution >= 4 is 34.0 Å². The lowest BCUT2D eigenvalue weighted by atomic mass is 9.83. The lowest BCUT2D eigenvalue weighted by Gasteiger charge is -2.30. The van der Waals surface area contributed by atoms with Gasteiger partial charge in [-0.25, -0.2) is 9.38 Å².